The number of nitrogens with one attached hydrogen (secondary N) is 1. The van der Waals surface area contributed by atoms with Crippen LogP contribution in [-0.4, -0.2) is 17.6 Å². The van der Waals surface area contributed by atoms with E-state index < -0.39 is 6.10 Å². The molecule has 0 saturated carbocycles. The molecule has 0 fully saturated rings. The van der Waals surface area contributed by atoms with Gasteiger partial charge in [-0.3, -0.25) is 4.79 Å². The van der Waals surface area contributed by atoms with E-state index in [0.29, 0.717) is 5.56 Å². The molecule has 0 aliphatic carbocycles. The largest absolute Gasteiger partial charge is 0.387 e. The van der Waals surface area contributed by atoms with E-state index in [9.17, 15) is 14.3 Å². The highest BCUT2D eigenvalue weighted by atomic mass is 32.1. The number of hydrogen-bond acceptors (Lipinski definition) is 3. The Balaban J connectivity index is 1.85. The van der Waals surface area contributed by atoms with Crippen LogP contribution in [0.1, 0.15) is 17.2 Å². The second-order valence-electron chi connectivity index (χ2n) is 4.17. The number of benzene rings is 1. The second kappa shape index (κ2) is 6.98. The molecule has 5 heteroatoms. The van der Waals surface area contributed by atoms with Crippen LogP contribution < -0.4 is 5.32 Å². The van der Waals surface area contributed by atoms with E-state index >= 15 is 0 Å². The molecule has 2 aromatic rings. The molecule has 1 unspecified atom stereocenters. The predicted octanol–water partition coefficient (Wildman–Crippen LogP) is 2.75. The Kier molecular flexibility index (Phi) is 5.03. The average molecular weight is 291 g/mol. The summed E-state index contributed by atoms with van der Waals surface area (Å²) < 4.78 is 13.3. The quantitative estimate of drug-likeness (QED) is 0.832. The highest BCUT2D eigenvalue weighted by Crippen LogP contribution is 2.15. The van der Waals surface area contributed by atoms with E-state index in [1.807, 2.05) is 10.8 Å². The summed E-state index contributed by atoms with van der Waals surface area (Å²) in [6.45, 7) is 0.122. The summed E-state index contributed by atoms with van der Waals surface area (Å²) in [5.74, 6) is -0.752. The zero-order chi connectivity index (χ0) is 14.4. The molecular weight excluding hydrogens is 277 g/mol. The Labute approximate surface area is 120 Å². The molecule has 0 spiro atoms. The topological polar surface area (TPSA) is 49.3 Å². The molecule has 3 nitrogen and oxygen atoms in total. The Morgan fingerprint density at radius 1 is 1.40 bits per heavy atom. The summed E-state index contributed by atoms with van der Waals surface area (Å²) in [6, 6.07) is 8.00. The molecule has 1 aromatic carbocycles. The number of aliphatic hydroxyl groups is 1. The molecule has 2 N–H and O–H groups in total. The van der Waals surface area contributed by atoms with Crippen LogP contribution in [0.4, 0.5) is 4.39 Å². The average Bonchev–Trinajstić information content (AvgIpc) is 2.98. The van der Waals surface area contributed by atoms with Gasteiger partial charge in [-0.1, -0.05) is 18.2 Å². The van der Waals surface area contributed by atoms with Gasteiger partial charge in [0.05, 0.1) is 6.10 Å². The number of carbonyl (C=O) groups is 1. The first kappa shape index (κ1) is 14.4. The summed E-state index contributed by atoms with van der Waals surface area (Å²) in [5.41, 5.74) is 1.12. The van der Waals surface area contributed by atoms with Crippen molar-refractivity contribution in [3.05, 3.63) is 64.1 Å². The lowest BCUT2D eigenvalue weighted by molar-refractivity contribution is -0.116. The number of carbonyl (C=O) groups excluding carboxylic acids is 1. The van der Waals surface area contributed by atoms with E-state index in [0.717, 1.165) is 5.56 Å². The number of amides is 1. The molecule has 20 heavy (non-hydrogen) atoms. The van der Waals surface area contributed by atoms with E-state index in [-0.39, 0.29) is 18.3 Å². The third kappa shape index (κ3) is 4.01. The number of thiophene rings is 1. The van der Waals surface area contributed by atoms with Gasteiger partial charge in [-0.05, 0) is 34.5 Å². The van der Waals surface area contributed by atoms with Gasteiger partial charge >= 0.3 is 0 Å². The summed E-state index contributed by atoms with van der Waals surface area (Å²) in [5, 5.41) is 16.0. The molecule has 1 aromatic heterocycles. The summed E-state index contributed by atoms with van der Waals surface area (Å²) in [6.07, 6.45) is 1.92. The van der Waals surface area contributed by atoms with Gasteiger partial charge in [0.15, 0.2) is 0 Å². The van der Waals surface area contributed by atoms with Crippen LogP contribution in [0, 0.1) is 5.82 Å². The Morgan fingerprint density at radius 2 is 2.20 bits per heavy atom. The highest BCUT2D eigenvalue weighted by molar-refractivity contribution is 7.07. The van der Waals surface area contributed by atoms with Gasteiger partial charge in [-0.25, -0.2) is 4.39 Å². The summed E-state index contributed by atoms with van der Waals surface area (Å²) in [4.78, 5) is 11.6. The third-order valence-corrected chi connectivity index (χ3v) is 3.42. The van der Waals surface area contributed by atoms with Crippen molar-refractivity contribution in [2.75, 3.05) is 6.54 Å². The van der Waals surface area contributed by atoms with Crippen LogP contribution in [0.15, 0.2) is 47.2 Å². The van der Waals surface area contributed by atoms with Gasteiger partial charge < -0.3 is 10.4 Å². The van der Waals surface area contributed by atoms with E-state index in [1.54, 1.807) is 24.3 Å². The van der Waals surface area contributed by atoms with Crippen LogP contribution in [0.2, 0.25) is 0 Å². The fraction of sp³-hybridized carbons (Fsp3) is 0.133. The van der Waals surface area contributed by atoms with Crippen molar-refractivity contribution < 1.29 is 14.3 Å². The van der Waals surface area contributed by atoms with Gasteiger partial charge in [0.2, 0.25) is 5.91 Å². The number of aliphatic hydroxyl groups excluding tert-OH is 1. The highest BCUT2D eigenvalue weighted by Gasteiger charge is 2.08. The van der Waals surface area contributed by atoms with Crippen LogP contribution in [-0.2, 0) is 4.79 Å². The first-order valence-corrected chi connectivity index (χ1v) is 7.01. The molecule has 104 valence electrons. The minimum Gasteiger partial charge on any atom is -0.387 e. The number of hydrogen-bond donors (Lipinski definition) is 2. The van der Waals surface area contributed by atoms with Crippen molar-refractivity contribution in [1.82, 2.24) is 5.32 Å². The smallest absolute Gasteiger partial charge is 0.244 e. The van der Waals surface area contributed by atoms with Gasteiger partial charge in [0.25, 0.3) is 0 Å². The lowest BCUT2D eigenvalue weighted by atomic mass is 10.2. The lowest BCUT2D eigenvalue weighted by Crippen LogP contribution is -2.26. The molecule has 2 rings (SSSR count). The summed E-state index contributed by atoms with van der Waals surface area (Å²) in [7, 11) is 0. The fourth-order valence-corrected chi connectivity index (χ4v) is 2.32. The Morgan fingerprint density at radius 3 is 2.90 bits per heavy atom. The van der Waals surface area contributed by atoms with Gasteiger partial charge in [0.1, 0.15) is 5.82 Å². The minimum atomic E-state index is -0.730. The van der Waals surface area contributed by atoms with Gasteiger partial charge in [-0.2, -0.15) is 11.3 Å². The zero-order valence-electron chi connectivity index (χ0n) is 10.6. The first-order chi connectivity index (χ1) is 9.66. The first-order valence-electron chi connectivity index (χ1n) is 6.07. The van der Waals surface area contributed by atoms with Crippen LogP contribution >= 0.6 is 11.3 Å². The summed E-state index contributed by atoms with van der Waals surface area (Å²) >= 11 is 1.48. The Hall–Kier alpha value is -1.98. The molecule has 0 saturated heterocycles. The van der Waals surface area contributed by atoms with Crippen molar-refractivity contribution in [2.45, 2.75) is 6.10 Å². The van der Waals surface area contributed by atoms with Crippen LogP contribution in [0.3, 0.4) is 0 Å². The molecule has 1 amide bonds. The molecule has 0 bridgehead atoms. The fourth-order valence-electron chi connectivity index (χ4n) is 1.61. The van der Waals surface area contributed by atoms with Crippen molar-refractivity contribution in [3.8, 4) is 0 Å². The normalized spacial score (nSPS) is 12.5. The lowest BCUT2D eigenvalue weighted by Gasteiger charge is -2.08. The Bertz CT molecular complexity index is 596. The maximum absolute atomic E-state index is 13.3. The third-order valence-electron chi connectivity index (χ3n) is 2.72. The van der Waals surface area contributed by atoms with E-state index in [2.05, 4.69) is 5.32 Å². The van der Waals surface area contributed by atoms with Gasteiger partial charge in [0, 0.05) is 18.2 Å². The number of halogens is 1. The van der Waals surface area contributed by atoms with Crippen molar-refractivity contribution in [2.24, 2.45) is 0 Å². The van der Waals surface area contributed by atoms with E-state index in [1.165, 1.54) is 29.6 Å². The monoisotopic (exact) mass is 291 g/mol. The standard InChI is InChI=1S/C15H14FNO2S/c16-13-4-2-1-3-11(13)5-6-15(19)17-9-14(18)12-7-8-20-10-12/h1-8,10,14,18H,9H2,(H,17,19)/b6-5+. The minimum absolute atomic E-state index is 0.122. The predicted molar refractivity (Wildman–Crippen MR) is 77.7 cm³/mol. The maximum Gasteiger partial charge on any atom is 0.244 e. The van der Waals surface area contributed by atoms with Crippen molar-refractivity contribution >= 4 is 23.3 Å². The maximum atomic E-state index is 13.3. The van der Waals surface area contributed by atoms with E-state index in [4.69, 9.17) is 0 Å². The molecular formula is C15H14FNO2S. The van der Waals surface area contributed by atoms with Gasteiger partial charge in [-0.15, -0.1) is 0 Å². The van der Waals surface area contributed by atoms with Crippen molar-refractivity contribution in [1.29, 1.82) is 0 Å². The number of rotatable bonds is 5. The molecule has 1 heterocycles. The van der Waals surface area contributed by atoms with Crippen molar-refractivity contribution in [3.63, 3.8) is 0 Å². The molecule has 0 radical (unpaired) electrons. The molecule has 0 aliphatic rings. The molecule has 0 aliphatic heterocycles. The van der Waals surface area contributed by atoms with Crippen LogP contribution in [0.5, 0.6) is 0 Å². The SMILES string of the molecule is O=C(/C=C/c1ccccc1F)NCC(O)c1ccsc1. The van der Waals surface area contributed by atoms with Crippen LogP contribution in [0.25, 0.3) is 6.08 Å². The zero-order valence-corrected chi connectivity index (χ0v) is 11.4. The molecule has 1 atom stereocenters. The second-order valence-corrected chi connectivity index (χ2v) is 4.95.